The molecule has 3 heteroatoms. The Balaban J connectivity index is 2.68. The Bertz CT molecular complexity index is 324. The van der Waals surface area contributed by atoms with Crippen molar-refractivity contribution in [2.75, 3.05) is 0 Å². The molecule has 0 saturated carbocycles. The first-order valence-corrected chi connectivity index (χ1v) is 3.26. The van der Waals surface area contributed by atoms with Gasteiger partial charge in [-0.15, -0.1) is 0 Å². The molecule has 0 bridgehead atoms. The number of halogens is 1. The minimum atomic E-state index is -0.0910. The summed E-state index contributed by atoms with van der Waals surface area (Å²) in [5.41, 5.74) is 0.644. The molecule has 1 aromatic heterocycles. The van der Waals surface area contributed by atoms with Crippen molar-refractivity contribution in [1.29, 1.82) is 0 Å². The first kappa shape index (κ1) is 5.74. The molecule has 0 unspecified atom stereocenters. The summed E-state index contributed by atoms with van der Waals surface area (Å²) in [7, 11) is 0. The number of allylic oxidation sites excluding steroid dienone is 1. The van der Waals surface area contributed by atoms with E-state index in [1.54, 1.807) is 23.0 Å². The van der Waals surface area contributed by atoms with E-state index in [1.165, 1.54) is 0 Å². The molecule has 50 valence electrons. The number of rotatable bonds is 0. The van der Waals surface area contributed by atoms with Crippen LogP contribution >= 0.6 is 11.6 Å². The Morgan fingerprint density at radius 1 is 1.50 bits per heavy atom. The molecule has 1 aliphatic rings. The van der Waals surface area contributed by atoms with Gasteiger partial charge >= 0.3 is 0 Å². The smallest absolute Gasteiger partial charge is 0.222 e. The number of Topliss-reactive ketones (excluding diaryl/α,β-unsaturated/α-hetero) is 1. The molecule has 0 aromatic carbocycles. The molecule has 0 fully saturated rings. The van der Waals surface area contributed by atoms with Gasteiger partial charge in [0.05, 0.1) is 5.69 Å². The van der Waals surface area contributed by atoms with E-state index >= 15 is 0 Å². The van der Waals surface area contributed by atoms with Crippen LogP contribution in [-0.2, 0) is 0 Å². The number of ketones is 1. The van der Waals surface area contributed by atoms with Gasteiger partial charge in [0.25, 0.3) is 0 Å². The molecule has 1 aliphatic heterocycles. The maximum atomic E-state index is 11.0. The molecule has 0 saturated heterocycles. The predicted molar refractivity (Wildman–Crippen MR) is 38.9 cm³/mol. The summed E-state index contributed by atoms with van der Waals surface area (Å²) in [6.45, 7) is 0. The molecule has 2 nitrogen and oxygen atoms in total. The molecular weight excluding hydrogens is 150 g/mol. The zero-order chi connectivity index (χ0) is 7.14. The molecule has 2 heterocycles. The van der Waals surface area contributed by atoms with Gasteiger partial charge in [-0.1, -0.05) is 11.6 Å². The van der Waals surface area contributed by atoms with Gasteiger partial charge in [0.2, 0.25) is 5.78 Å². The minimum Gasteiger partial charge on any atom is -0.319 e. The lowest BCUT2D eigenvalue weighted by Crippen LogP contribution is -1.93. The fraction of sp³-hybridized carbons (Fsp3) is 0. The Morgan fingerprint density at radius 2 is 2.30 bits per heavy atom. The molecule has 0 radical (unpaired) electrons. The Morgan fingerprint density at radius 3 is 3.00 bits per heavy atom. The summed E-state index contributed by atoms with van der Waals surface area (Å²) in [6.07, 6.45) is 3.40. The lowest BCUT2D eigenvalue weighted by Gasteiger charge is -1.87. The molecule has 0 atom stereocenters. The highest BCUT2D eigenvalue weighted by Gasteiger charge is 2.19. The normalized spacial score (nSPS) is 15.3. The van der Waals surface area contributed by atoms with E-state index in [0.29, 0.717) is 5.69 Å². The Labute approximate surface area is 62.7 Å². The largest absolute Gasteiger partial charge is 0.319 e. The van der Waals surface area contributed by atoms with Gasteiger partial charge in [-0.3, -0.25) is 4.79 Å². The minimum absolute atomic E-state index is 0.0910. The highest BCUT2D eigenvalue weighted by atomic mass is 35.5. The molecule has 1 aromatic rings. The monoisotopic (exact) mass is 153 g/mol. The lowest BCUT2D eigenvalue weighted by atomic mass is 10.3. The summed E-state index contributed by atoms with van der Waals surface area (Å²) in [5.74, 6) is -0.0910. The van der Waals surface area contributed by atoms with Crippen LogP contribution in [0.3, 0.4) is 0 Å². The number of carbonyl (C=O) groups excluding carboxylic acids is 1. The fourth-order valence-corrected chi connectivity index (χ4v) is 1.20. The quantitative estimate of drug-likeness (QED) is 0.556. The first-order valence-electron chi connectivity index (χ1n) is 2.88. The van der Waals surface area contributed by atoms with E-state index in [0.717, 1.165) is 0 Å². The zero-order valence-electron chi connectivity index (χ0n) is 5.04. The molecule has 0 N–H and O–H groups in total. The molecule has 0 spiro atoms. The maximum absolute atomic E-state index is 11.0. The van der Waals surface area contributed by atoms with Crippen LogP contribution in [0.4, 0.5) is 0 Å². The average Bonchev–Trinajstić information content (AvgIpc) is 2.41. The summed E-state index contributed by atoms with van der Waals surface area (Å²) in [5, 5.41) is 0.288. The predicted octanol–water partition coefficient (Wildman–Crippen LogP) is 1.72. The van der Waals surface area contributed by atoms with Crippen LogP contribution < -0.4 is 0 Å². The standard InChI is InChI=1S/C7H4ClNO/c8-5-4-9-3-1-2-6(9)7(5)10/h1-4H. The van der Waals surface area contributed by atoms with Gasteiger partial charge in [0.15, 0.2) is 0 Å². The molecule has 10 heavy (non-hydrogen) atoms. The highest BCUT2D eigenvalue weighted by molar-refractivity contribution is 6.47. The van der Waals surface area contributed by atoms with Crippen LogP contribution in [-0.4, -0.2) is 10.4 Å². The van der Waals surface area contributed by atoms with Crippen molar-refractivity contribution in [2.45, 2.75) is 0 Å². The fourth-order valence-electron chi connectivity index (χ4n) is 1.00. The van der Waals surface area contributed by atoms with Crippen molar-refractivity contribution >= 4 is 23.6 Å². The van der Waals surface area contributed by atoms with Crippen molar-refractivity contribution in [3.05, 3.63) is 29.1 Å². The van der Waals surface area contributed by atoms with E-state index < -0.39 is 0 Å². The Kier molecular flexibility index (Phi) is 0.995. The number of hydrogen-bond donors (Lipinski definition) is 0. The van der Waals surface area contributed by atoms with E-state index in [-0.39, 0.29) is 10.8 Å². The van der Waals surface area contributed by atoms with Gasteiger partial charge in [-0.25, -0.2) is 0 Å². The van der Waals surface area contributed by atoms with Crippen molar-refractivity contribution in [3.63, 3.8) is 0 Å². The molecule has 0 amide bonds. The van der Waals surface area contributed by atoms with Crippen molar-refractivity contribution < 1.29 is 4.79 Å². The van der Waals surface area contributed by atoms with E-state index in [1.807, 2.05) is 6.07 Å². The average molecular weight is 154 g/mol. The van der Waals surface area contributed by atoms with Gasteiger partial charge < -0.3 is 4.57 Å². The van der Waals surface area contributed by atoms with Gasteiger partial charge in [-0.05, 0) is 12.1 Å². The summed E-state index contributed by atoms with van der Waals surface area (Å²) < 4.78 is 1.71. The van der Waals surface area contributed by atoms with Crippen LogP contribution in [0.2, 0.25) is 0 Å². The first-order chi connectivity index (χ1) is 4.79. The highest BCUT2D eigenvalue weighted by Crippen LogP contribution is 2.20. The molecular formula is C7H4ClNO. The summed E-state index contributed by atoms with van der Waals surface area (Å²) in [4.78, 5) is 11.0. The molecule has 2 rings (SSSR count). The topological polar surface area (TPSA) is 22.0 Å². The van der Waals surface area contributed by atoms with Crippen LogP contribution in [0.15, 0.2) is 23.4 Å². The third-order valence-electron chi connectivity index (χ3n) is 1.48. The van der Waals surface area contributed by atoms with Gasteiger partial charge in [0, 0.05) is 12.4 Å². The van der Waals surface area contributed by atoms with Crippen molar-refractivity contribution in [3.8, 4) is 0 Å². The third kappa shape index (κ3) is 0.567. The van der Waals surface area contributed by atoms with Crippen LogP contribution in [0.25, 0.3) is 6.20 Å². The maximum Gasteiger partial charge on any atom is 0.222 e. The lowest BCUT2D eigenvalue weighted by molar-refractivity contribution is 0.104. The third-order valence-corrected chi connectivity index (χ3v) is 1.75. The van der Waals surface area contributed by atoms with E-state index in [9.17, 15) is 4.79 Å². The van der Waals surface area contributed by atoms with E-state index in [4.69, 9.17) is 11.6 Å². The summed E-state index contributed by atoms with van der Waals surface area (Å²) >= 11 is 5.56. The van der Waals surface area contributed by atoms with Gasteiger partial charge in [0.1, 0.15) is 5.03 Å². The van der Waals surface area contributed by atoms with Crippen LogP contribution in [0, 0.1) is 0 Å². The van der Waals surface area contributed by atoms with Crippen LogP contribution in [0.1, 0.15) is 10.5 Å². The van der Waals surface area contributed by atoms with Crippen molar-refractivity contribution in [1.82, 2.24) is 4.57 Å². The number of hydrogen-bond acceptors (Lipinski definition) is 1. The number of fused-ring (bicyclic) bond motifs is 1. The number of aromatic nitrogens is 1. The van der Waals surface area contributed by atoms with Gasteiger partial charge in [-0.2, -0.15) is 0 Å². The second-order valence-electron chi connectivity index (χ2n) is 2.11. The number of nitrogens with zero attached hydrogens (tertiary/aromatic N) is 1. The Hall–Kier alpha value is -1.02. The second kappa shape index (κ2) is 1.73. The van der Waals surface area contributed by atoms with E-state index in [2.05, 4.69) is 0 Å². The second-order valence-corrected chi connectivity index (χ2v) is 2.51. The van der Waals surface area contributed by atoms with Crippen molar-refractivity contribution in [2.24, 2.45) is 0 Å². The summed E-state index contributed by atoms with van der Waals surface area (Å²) in [6, 6.07) is 3.56. The number of carbonyl (C=O) groups is 1. The zero-order valence-corrected chi connectivity index (χ0v) is 5.80. The molecule has 0 aliphatic carbocycles. The van der Waals surface area contributed by atoms with Crippen LogP contribution in [0.5, 0.6) is 0 Å². The SMILES string of the molecule is O=C1C(Cl)=Cn2cccc21.